The molecule has 1 rings (SSSR count). The molecular formula is C16H24ClNO2. The maximum absolute atomic E-state index is 12.2. The van der Waals surface area contributed by atoms with Crippen molar-refractivity contribution in [2.75, 3.05) is 13.7 Å². The third-order valence-electron chi connectivity index (χ3n) is 3.62. The summed E-state index contributed by atoms with van der Waals surface area (Å²) < 4.78 is 5.22. The first-order chi connectivity index (χ1) is 9.53. The van der Waals surface area contributed by atoms with Crippen molar-refractivity contribution >= 4 is 17.5 Å². The van der Waals surface area contributed by atoms with Crippen molar-refractivity contribution in [3.63, 3.8) is 0 Å². The van der Waals surface area contributed by atoms with E-state index in [1.807, 2.05) is 25.1 Å². The average molecular weight is 298 g/mol. The summed E-state index contributed by atoms with van der Waals surface area (Å²) in [5.74, 6) is 0.875. The number of ether oxygens (including phenoxy) is 1. The first-order valence-corrected chi connectivity index (χ1v) is 7.54. The summed E-state index contributed by atoms with van der Waals surface area (Å²) in [5.41, 5.74) is 1.58. The molecule has 1 N–H and O–H groups in total. The van der Waals surface area contributed by atoms with Crippen molar-refractivity contribution in [2.24, 2.45) is 5.92 Å². The van der Waals surface area contributed by atoms with Gasteiger partial charge in [0.2, 0.25) is 0 Å². The van der Waals surface area contributed by atoms with Crippen LogP contribution >= 0.6 is 11.6 Å². The molecule has 0 aliphatic carbocycles. The zero-order valence-corrected chi connectivity index (χ0v) is 13.5. The van der Waals surface area contributed by atoms with Gasteiger partial charge in [-0.1, -0.05) is 38.3 Å². The number of rotatable bonds is 7. The van der Waals surface area contributed by atoms with E-state index in [0.717, 1.165) is 18.4 Å². The molecule has 1 amide bonds. The quantitative estimate of drug-likeness (QED) is 0.778. The Balaban J connectivity index is 2.70. The van der Waals surface area contributed by atoms with Gasteiger partial charge < -0.3 is 10.1 Å². The van der Waals surface area contributed by atoms with E-state index in [2.05, 4.69) is 19.2 Å². The number of carbonyl (C=O) groups is 1. The molecule has 0 aromatic heterocycles. The number of halogens is 1. The van der Waals surface area contributed by atoms with Crippen LogP contribution in [0.5, 0.6) is 5.75 Å². The number of hydrogen-bond acceptors (Lipinski definition) is 2. The predicted octanol–water partition coefficient (Wildman–Crippen LogP) is 3.78. The van der Waals surface area contributed by atoms with Gasteiger partial charge in [0, 0.05) is 6.54 Å². The molecular weight excluding hydrogens is 274 g/mol. The minimum Gasteiger partial charge on any atom is -0.496 e. The lowest BCUT2D eigenvalue weighted by Crippen LogP contribution is -2.33. The van der Waals surface area contributed by atoms with Gasteiger partial charge in [0.15, 0.2) is 0 Å². The fraction of sp³-hybridized carbons (Fsp3) is 0.562. The largest absolute Gasteiger partial charge is 0.496 e. The molecule has 0 saturated heterocycles. The van der Waals surface area contributed by atoms with Crippen molar-refractivity contribution in [3.05, 3.63) is 29.3 Å². The number of alkyl halides is 1. The normalized spacial score (nSPS) is 12.3. The molecule has 0 bridgehead atoms. The lowest BCUT2D eigenvalue weighted by Gasteiger charge is -2.20. The molecule has 0 spiro atoms. The smallest absolute Gasteiger partial charge is 0.255 e. The number of hydrogen-bond donors (Lipinski definition) is 1. The van der Waals surface area contributed by atoms with Gasteiger partial charge in [-0.25, -0.2) is 0 Å². The van der Waals surface area contributed by atoms with Crippen molar-refractivity contribution in [1.82, 2.24) is 5.32 Å². The van der Waals surface area contributed by atoms with Crippen LogP contribution in [0.15, 0.2) is 18.2 Å². The van der Waals surface area contributed by atoms with Gasteiger partial charge in [-0.2, -0.15) is 0 Å². The number of amides is 1. The van der Waals surface area contributed by atoms with E-state index < -0.39 is 0 Å². The summed E-state index contributed by atoms with van der Waals surface area (Å²) >= 11 is 6.34. The van der Waals surface area contributed by atoms with Crippen LogP contribution in [0.4, 0.5) is 0 Å². The molecule has 112 valence electrons. The molecule has 1 atom stereocenters. The Morgan fingerprint density at radius 3 is 2.55 bits per heavy atom. The highest BCUT2D eigenvalue weighted by Gasteiger charge is 2.18. The molecule has 0 heterocycles. The van der Waals surface area contributed by atoms with Crippen molar-refractivity contribution in [2.45, 2.75) is 39.0 Å². The van der Waals surface area contributed by atoms with Crippen molar-refractivity contribution in [1.29, 1.82) is 0 Å². The Bertz CT molecular complexity index is 444. The van der Waals surface area contributed by atoms with E-state index in [9.17, 15) is 4.79 Å². The van der Waals surface area contributed by atoms with Gasteiger partial charge in [0.1, 0.15) is 5.75 Å². The number of benzene rings is 1. The van der Waals surface area contributed by atoms with E-state index >= 15 is 0 Å². The Kier molecular flexibility index (Phi) is 6.86. The Labute approximate surface area is 126 Å². The SMILES string of the molecule is CCC(CC)C(Cl)CNC(=O)c1cc(C)ccc1OC. The third kappa shape index (κ3) is 4.41. The highest BCUT2D eigenvalue weighted by molar-refractivity contribution is 6.21. The second-order valence-corrected chi connectivity index (χ2v) is 5.57. The van der Waals surface area contributed by atoms with E-state index in [1.54, 1.807) is 7.11 Å². The average Bonchev–Trinajstić information content (AvgIpc) is 2.46. The molecule has 0 aliphatic heterocycles. The molecule has 4 heteroatoms. The van der Waals surface area contributed by atoms with Crippen LogP contribution in [0.1, 0.15) is 42.6 Å². The van der Waals surface area contributed by atoms with Gasteiger partial charge in [0.25, 0.3) is 5.91 Å². The number of aryl methyl sites for hydroxylation is 1. The lowest BCUT2D eigenvalue weighted by molar-refractivity contribution is 0.0948. The molecule has 0 saturated carbocycles. The summed E-state index contributed by atoms with van der Waals surface area (Å²) in [6, 6.07) is 5.56. The van der Waals surface area contributed by atoms with E-state index in [-0.39, 0.29) is 11.3 Å². The predicted molar refractivity (Wildman–Crippen MR) is 83.8 cm³/mol. The van der Waals surface area contributed by atoms with Crippen LogP contribution in [0, 0.1) is 12.8 Å². The highest BCUT2D eigenvalue weighted by atomic mass is 35.5. The standard InChI is InChI=1S/C16H24ClNO2/c1-5-12(6-2)14(17)10-18-16(19)13-9-11(3)7-8-15(13)20-4/h7-9,12,14H,5-6,10H2,1-4H3,(H,18,19). The highest BCUT2D eigenvalue weighted by Crippen LogP contribution is 2.21. The molecule has 20 heavy (non-hydrogen) atoms. The zero-order valence-electron chi connectivity index (χ0n) is 12.7. The number of carbonyl (C=O) groups excluding carboxylic acids is 1. The maximum Gasteiger partial charge on any atom is 0.255 e. The first-order valence-electron chi connectivity index (χ1n) is 7.10. The molecule has 0 aliphatic rings. The first kappa shape index (κ1) is 16.8. The number of methoxy groups -OCH3 is 1. The second-order valence-electron chi connectivity index (χ2n) is 5.01. The van der Waals surface area contributed by atoms with Crippen LogP contribution in [0.2, 0.25) is 0 Å². The summed E-state index contributed by atoms with van der Waals surface area (Å²) in [7, 11) is 1.57. The monoisotopic (exact) mass is 297 g/mol. The molecule has 1 unspecified atom stereocenters. The maximum atomic E-state index is 12.2. The van der Waals surface area contributed by atoms with E-state index in [1.165, 1.54) is 0 Å². The van der Waals surface area contributed by atoms with Gasteiger partial charge in [0.05, 0.1) is 18.1 Å². The van der Waals surface area contributed by atoms with Gasteiger partial charge in [-0.05, 0) is 25.0 Å². The fourth-order valence-corrected chi connectivity index (χ4v) is 2.69. The lowest BCUT2D eigenvalue weighted by atomic mass is 9.99. The Morgan fingerprint density at radius 1 is 1.35 bits per heavy atom. The van der Waals surface area contributed by atoms with Crippen molar-refractivity contribution in [3.8, 4) is 5.75 Å². The van der Waals surface area contributed by atoms with Crippen LogP contribution in [0.3, 0.4) is 0 Å². The van der Waals surface area contributed by atoms with Gasteiger partial charge in [-0.3, -0.25) is 4.79 Å². The summed E-state index contributed by atoms with van der Waals surface area (Å²) in [6.45, 7) is 6.67. The molecule has 0 radical (unpaired) electrons. The van der Waals surface area contributed by atoms with E-state index in [4.69, 9.17) is 16.3 Å². The van der Waals surface area contributed by atoms with Gasteiger partial charge >= 0.3 is 0 Å². The van der Waals surface area contributed by atoms with E-state index in [0.29, 0.717) is 23.8 Å². The number of nitrogens with one attached hydrogen (secondary N) is 1. The third-order valence-corrected chi connectivity index (χ3v) is 4.13. The topological polar surface area (TPSA) is 38.3 Å². The molecule has 0 fully saturated rings. The summed E-state index contributed by atoms with van der Waals surface area (Å²) in [4.78, 5) is 12.2. The van der Waals surface area contributed by atoms with Crippen LogP contribution in [0.25, 0.3) is 0 Å². The molecule has 1 aromatic rings. The van der Waals surface area contributed by atoms with Crippen LogP contribution in [-0.4, -0.2) is 24.9 Å². The minimum atomic E-state index is -0.137. The Morgan fingerprint density at radius 2 is 2.00 bits per heavy atom. The molecule has 1 aromatic carbocycles. The van der Waals surface area contributed by atoms with Crippen molar-refractivity contribution < 1.29 is 9.53 Å². The zero-order chi connectivity index (χ0) is 15.1. The van der Waals surface area contributed by atoms with Crippen LogP contribution in [-0.2, 0) is 0 Å². The second kappa shape index (κ2) is 8.15. The van der Waals surface area contributed by atoms with Gasteiger partial charge in [-0.15, -0.1) is 11.6 Å². The summed E-state index contributed by atoms with van der Waals surface area (Å²) in [6.07, 6.45) is 2.04. The minimum absolute atomic E-state index is 0.0373. The Hall–Kier alpha value is -1.22. The van der Waals surface area contributed by atoms with Crippen LogP contribution < -0.4 is 10.1 Å². The molecule has 3 nitrogen and oxygen atoms in total. The fourth-order valence-electron chi connectivity index (χ4n) is 2.25. The summed E-state index contributed by atoms with van der Waals surface area (Å²) in [5, 5.41) is 2.86.